The second kappa shape index (κ2) is 30.9. The Bertz CT molecular complexity index is 3660. The number of fused-ring (bicyclic) bond motifs is 4. The van der Waals surface area contributed by atoms with Gasteiger partial charge in [0.25, 0.3) is 17.7 Å². The van der Waals surface area contributed by atoms with Gasteiger partial charge >= 0.3 is 12.2 Å². The zero-order chi connectivity index (χ0) is 64.9. The van der Waals surface area contributed by atoms with Crippen molar-refractivity contribution in [3.05, 3.63) is 130 Å². The van der Waals surface area contributed by atoms with E-state index in [1.54, 1.807) is 66.5 Å². The van der Waals surface area contributed by atoms with Crippen LogP contribution in [0.3, 0.4) is 0 Å². The van der Waals surface area contributed by atoms with E-state index in [-0.39, 0.29) is 86.0 Å². The number of aromatic nitrogens is 1. The number of likely N-dealkylation sites (N-methyl/N-ethyl adjacent to an activating group) is 2. The number of rotatable bonds is 28. The Labute approximate surface area is 537 Å². The lowest BCUT2D eigenvalue weighted by molar-refractivity contribution is -0.137. The summed E-state index contributed by atoms with van der Waals surface area (Å²) in [6.07, 6.45) is 5.38. The standard InChI is InChI=1S/C67H79ClN10O12S/c1-42(2)32-50(69)64(84)77(39-57(80)72-63(83)52(33-44-14-8-6-9-15-44)71-56(79)16-10-7-11-27-76-58(81)23-24-59(76)82)48-19-17-45(18-20-48)40-89-66(86)73(4)28-29-74(5)67(87)90-55-36-54-61(60-43(3)41-91-62(55)60)47(37-68)38-78(54)65(85)53-35-46-34-49(21-22-51(46)70-53)88-31-30-75-25-12-13-26-75/h6,8-9,14-15,17-24,34-36,41-42,47,50,52,70H,7,10-13,16,25-33,37-40,69H2,1-5H3,(H,71,79)(H,72,80,83)/t47-,50+,52+/m1/s1. The summed E-state index contributed by atoms with van der Waals surface area (Å²) < 4.78 is 18.6. The molecule has 3 aliphatic rings. The van der Waals surface area contributed by atoms with E-state index in [2.05, 4.69) is 20.5 Å². The third kappa shape index (κ3) is 17.0. The molecule has 9 amide bonds. The summed E-state index contributed by atoms with van der Waals surface area (Å²) in [5.74, 6) is -2.48. The molecule has 3 aliphatic heterocycles. The number of ether oxygens (including phenoxy) is 3. The van der Waals surface area contributed by atoms with E-state index in [0.717, 1.165) is 68.0 Å². The molecule has 0 bridgehead atoms. The van der Waals surface area contributed by atoms with Gasteiger partial charge in [0, 0.05) is 112 Å². The molecule has 91 heavy (non-hydrogen) atoms. The van der Waals surface area contributed by atoms with Gasteiger partial charge in [0.2, 0.25) is 23.6 Å². The highest BCUT2D eigenvalue weighted by Gasteiger charge is 2.38. The van der Waals surface area contributed by atoms with Crippen molar-refractivity contribution in [2.24, 2.45) is 11.7 Å². The average molecular weight is 1280 g/mol. The highest BCUT2D eigenvalue weighted by atomic mass is 35.5. The molecule has 2 aromatic heterocycles. The number of H-pyrrole nitrogens is 1. The molecule has 4 aromatic carbocycles. The van der Waals surface area contributed by atoms with Crippen LogP contribution in [0.1, 0.15) is 97.5 Å². The van der Waals surface area contributed by atoms with Gasteiger partial charge in [-0.3, -0.25) is 48.7 Å². The maximum Gasteiger partial charge on any atom is 0.415 e. The highest BCUT2D eigenvalue weighted by Crippen LogP contribution is 2.49. The van der Waals surface area contributed by atoms with Crippen LogP contribution in [0.2, 0.25) is 0 Å². The molecule has 0 radical (unpaired) electrons. The summed E-state index contributed by atoms with van der Waals surface area (Å²) in [4.78, 5) is 133. The smallest absolute Gasteiger partial charge is 0.415 e. The van der Waals surface area contributed by atoms with Crippen LogP contribution in [-0.4, -0.2) is 169 Å². The quantitative estimate of drug-likeness (QED) is 0.0204. The number of aromatic amines is 1. The first-order chi connectivity index (χ1) is 43.7. The van der Waals surface area contributed by atoms with Gasteiger partial charge in [0.1, 0.15) is 37.2 Å². The van der Waals surface area contributed by atoms with Gasteiger partial charge in [-0.25, -0.2) is 9.59 Å². The molecule has 0 spiro atoms. The lowest BCUT2D eigenvalue weighted by atomic mass is 9.97. The van der Waals surface area contributed by atoms with Gasteiger partial charge in [-0.15, -0.1) is 22.9 Å². The predicted molar refractivity (Wildman–Crippen MR) is 348 cm³/mol. The number of benzene rings is 4. The number of anilines is 2. The molecule has 22 nitrogen and oxygen atoms in total. The Morgan fingerprint density at radius 3 is 2.25 bits per heavy atom. The van der Waals surface area contributed by atoms with Gasteiger partial charge in [0.05, 0.1) is 16.4 Å². The average Bonchev–Trinajstić information content (AvgIpc) is 1.61. The van der Waals surface area contributed by atoms with Crippen LogP contribution < -0.4 is 35.6 Å². The van der Waals surface area contributed by atoms with Crippen LogP contribution >= 0.6 is 22.9 Å². The first kappa shape index (κ1) is 66.8. The Kier molecular flexibility index (Phi) is 22.7. The number of carbonyl (C=O) groups is 9. The minimum absolute atomic E-state index is 0.0375. The molecule has 0 aliphatic carbocycles. The third-order valence-corrected chi connectivity index (χ3v) is 17.9. The van der Waals surface area contributed by atoms with Crippen LogP contribution in [-0.2, 0) is 46.5 Å². The van der Waals surface area contributed by atoms with Crippen molar-refractivity contribution in [2.75, 3.05) is 88.7 Å². The molecular formula is C67H79ClN10O12S. The van der Waals surface area contributed by atoms with Crippen LogP contribution in [0.15, 0.2) is 102 Å². The minimum atomic E-state index is -1.15. The van der Waals surface area contributed by atoms with E-state index in [4.69, 9.17) is 31.5 Å². The second-order valence-electron chi connectivity index (χ2n) is 23.8. The summed E-state index contributed by atoms with van der Waals surface area (Å²) in [5.41, 5.74) is 11.6. The Morgan fingerprint density at radius 2 is 1.55 bits per heavy atom. The molecule has 3 atom stereocenters. The zero-order valence-electron chi connectivity index (χ0n) is 52.0. The van der Waals surface area contributed by atoms with Crippen molar-refractivity contribution in [1.82, 2.24) is 35.2 Å². The molecule has 482 valence electrons. The SMILES string of the molecule is Cc1csc2c(OC(=O)N(C)CCN(C)C(=O)OCc3ccc(N(CC(=O)NC(=O)[C@H](Cc4ccccc4)NC(=O)CCCCCN4C(=O)C=CC4=O)C(=O)[C@@H](N)CC(C)C)cc3)cc3c(c12)[C@H](CCl)CN3C(=O)c1cc2cc(OCCN3CCCC3)ccc2[nH]1. The Balaban J connectivity index is 0.780. The van der Waals surface area contributed by atoms with Crippen molar-refractivity contribution in [2.45, 2.75) is 96.7 Å². The minimum Gasteiger partial charge on any atom is -0.492 e. The van der Waals surface area contributed by atoms with Crippen LogP contribution in [0.25, 0.3) is 21.0 Å². The number of aryl methyl sites for hydroxylation is 1. The molecule has 0 saturated carbocycles. The number of hydrogen-bond donors (Lipinski definition) is 4. The van der Waals surface area contributed by atoms with Crippen LogP contribution in [0.4, 0.5) is 21.0 Å². The van der Waals surface area contributed by atoms with Gasteiger partial charge < -0.3 is 49.8 Å². The highest BCUT2D eigenvalue weighted by molar-refractivity contribution is 7.17. The predicted octanol–water partition coefficient (Wildman–Crippen LogP) is 8.41. The number of nitrogens with zero attached hydrogens (tertiary/aromatic N) is 6. The lowest BCUT2D eigenvalue weighted by Gasteiger charge is -2.27. The molecule has 5 heterocycles. The van der Waals surface area contributed by atoms with Crippen molar-refractivity contribution < 1.29 is 57.4 Å². The fourth-order valence-corrected chi connectivity index (χ4v) is 12.7. The molecule has 5 N–H and O–H groups in total. The summed E-state index contributed by atoms with van der Waals surface area (Å²) >= 11 is 8.06. The Hall–Kier alpha value is -8.64. The number of halogens is 1. The summed E-state index contributed by atoms with van der Waals surface area (Å²) in [6, 6.07) is 22.5. The number of nitrogens with two attached hydrogens (primary N) is 1. The number of thiophene rings is 1. The van der Waals surface area contributed by atoms with E-state index in [0.29, 0.717) is 55.8 Å². The van der Waals surface area contributed by atoms with E-state index in [9.17, 15) is 43.2 Å². The van der Waals surface area contributed by atoms with Gasteiger partial charge in [-0.2, -0.15) is 0 Å². The van der Waals surface area contributed by atoms with Crippen LogP contribution in [0.5, 0.6) is 11.5 Å². The molecule has 9 rings (SSSR count). The normalized spacial score (nSPS) is 15.3. The number of hydrogen-bond acceptors (Lipinski definition) is 15. The van der Waals surface area contributed by atoms with Crippen molar-refractivity contribution in [3.63, 3.8) is 0 Å². The zero-order valence-corrected chi connectivity index (χ0v) is 53.6. The van der Waals surface area contributed by atoms with E-state index < -0.39 is 54.4 Å². The largest absolute Gasteiger partial charge is 0.492 e. The van der Waals surface area contributed by atoms with E-state index in [1.165, 1.54) is 58.1 Å². The number of alkyl halides is 1. The van der Waals surface area contributed by atoms with Crippen molar-refractivity contribution >= 4 is 109 Å². The molecule has 1 fully saturated rings. The van der Waals surface area contributed by atoms with E-state index >= 15 is 0 Å². The fourth-order valence-electron chi connectivity index (χ4n) is 11.5. The molecule has 24 heteroatoms. The number of unbranched alkanes of at least 4 members (excludes halogenated alkanes) is 2. The van der Waals surface area contributed by atoms with E-state index in [1.807, 2.05) is 56.5 Å². The van der Waals surface area contributed by atoms with Gasteiger partial charge in [-0.05, 0) is 122 Å². The molecular weight excluding hydrogens is 1200 g/mol. The lowest BCUT2D eigenvalue weighted by Crippen LogP contribution is -2.53. The second-order valence-corrected chi connectivity index (χ2v) is 25.0. The monoisotopic (exact) mass is 1280 g/mol. The first-order valence-corrected chi connectivity index (χ1v) is 32.2. The first-order valence-electron chi connectivity index (χ1n) is 30.8. The topological polar surface area (TPSA) is 267 Å². The summed E-state index contributed by atoms with van der Waals surface area (Å²) in [7, 11) is 3.09. The Morgan fingerprint density at radius 1 is 0.835 bits per heavy atom. The number of amides is 9. The van der Waals surface area contributed by atoms with Crippen molar-refractivity contribution in [1.29, 1.82) is 0 Å². The third-order valence-electron chi connectivity index (χ3n) is 16.4. The van der Waals surface area contributed by atoms with Crippen molar-refractivity contribution in [3.8, 4) is 11.5 Å². The number of likely N-dealkylation sites (tertiary alicyclic amines) is 1. The van der Waals surface area contributed by atoms with Gasteiger partial charge in [0.15, 0.2) is 5.75 Å². The van der Waals surface area contributed by atoms with Gasteiger partial charge in [-0.1, -0.05) is 62.7 Å². The summed E-state index contributed by atoms with van der Waals surface area (Å²) in [5, 5.41) is 8.83. The molecule has 1 saturated heterocycles. The molecule has 0 unspecified atom stereocenters. The summed E-state index contributed by atoms with van der Waals surface area (Å²) in [6.45, 7) is 9.35. The number of imide groups is 2. The maximum atomic E-state index is 14.5. The fraction of sp³-hybridized carbons (Fsp3) is 0.418. The number of carbonyl (C=O) groups excluding carboxylic acids is 9. The number of nitrogens with one attached hydrogen (secondary N) is 3. The van der Waals surface area contributed by atoms with Crippen LogP contribution in [0, 0.1) is 12.8 Å². The maximum absolute atomic E-state index is 14.5. The molecule has 6 aromatic rings.